The summed E-state index contributed by atoms with van der Waals surface area (Å²) >= 11 is 0. The molecule has 6 heteroatoms. The summed E-state index contributed by atoms with van der Waals surface area (Å²) in [5, 5.41) is 0. The Morgan fingerprint density at radius 2 is 2.10 bits per heavy atom. The highest BCUT2D eigenvalue weighted by atomic mass is 16.5. The zero-order chi connectivity index (χ0) is 14.8. The van der Waals surface area contributed by atoms with Gasteiger partial charge >= 0.3 is 0 Å². The van der Waals surface area contributed by atoms with Crippen LogP contribution in [-0.2, 0) is 16.8 Å². The van der Waals surface area contributed by atoms with Crippen molar-refractivity contribution < 1.29 is 4.74 Å². The van der Waals surface area contributed by atoms with Crippen molar-refractivity contribution in [1.29, 1.82) is 0 Å². The number of nitrogens with two attached hydrogens (primary N) is 1. The largest absolute Gasteiger partial charge is 0.373 e. The van der Waals surface area contributed by atoms with Gasteiger partial charge in [0.1, 0.15) is 17.1 Å². The zero-order valence-electron chi connectivity index (χ0n) is 12.4. The molecule has 2 rings (SSSR count). The van der Waals surface area contributed by atoms with E-state index in [9.17, 15) is 0 Å². The summed E-state index contributed by atoms with van der Waals surface area (Å²) in [6.45, 7) is 6.10. The lowest BCUT2D eigenvalue weighted by Crippen LogP contribution is -2.21. The lowest BCUT2D eigenvalue weighted by Gasteiger charge is -2.22. The van der Waals surface area contributed by atoms with Gasteiger partial charge in [0.25, 0.3) is 0 Å². The number of nitrogen functional groups attached to an aromatic ring is 1. The smallest absolute Gasteiger partial charge is 0.220 e. The van der Waals surface area contributed by atoms with Crippen molar-refractivity contribution in [1.82, 2.24) is 19.9 Å². The fourth-order valence-electron chi connectivity index (χ4n) is 2.01. The number of aromatic nitrogens is 4. The minimum atomic E-state index is -0.478. The molecule has 0 aliphatic carbocycles. The second kappa shape index (κ2) is 5.58. The Kier molecular flexibility index (Phi) is 4.04. The summed E-state index contributed by atoms with van der Waals surface area (Å²) in [6.07, 6.45) is 3.54. The van der Waals surface area contributed by atoms with Gasteiger partial charge in [-0.15, -0.1) is 0 Å². The molecular formula is C14H21N5O. The predicted octanol–water partition coefficient (Wildman–Crippen LogP) is 2.28. The third kappa shape index (κ3) is 2.80. The number of nitrogens with one attached hydrogen (secondary N) is 1. The van der Waals surface area contributed by atoms with Crippen molar-refractivity contribution in [2.75, 3.05) is 12.8 Å². The number of aromatic amines is 1. The van der Waals surface area contributed by atoms with E-state index in [1.54, 1.807) is 19.4 Å². The SMILES string of the molecule is CCCc1nc(-c2ccnc(N)n2)c(C(C)(C)OC)[nH]1. The first kappa shape index (κ1) is 14.5. The lowest BCUT2D eigenvalue weighted by molar-refractivity contribution is 0.0162. The molecule has 2 aromatic heterocycles. The Hall–Kier alpha value is -1.95. The van der Waals surface area contributed by atoms with Crippen LogP contribution in [-0.4, -0.2) is 27.0 Å². The van der Waals surface area contributed by atoms with E-state index >= 15 is 0 Å². The summed E-state index contributed by atoms with van der Waals surface area (Å²) in [5.74, 6) is 1.17. The quantitative estimate of drug-likeness (QED) is 0.873. The molecule has 0 saturated carbocycles. The molecular weight excluding hydrogens is 254 g/mol. The number of aryl methyl sites for hydroxylation is 1. The van der Waals surface area contributed by atoms with Gasteiger partial charge in [-0.25, -0.2) is 15.0 Å². The molecule has 0 bridgehead atoms. The number of rotatable bonds is 5. The summed E-state index contributed by atoms with van der Waals surface area (Å²) in [4.78, 5) is 16.2. The van der Waals surface area contributed by atoms with E-state index in [1.165, 1.54) is 0 Å². The van der Waals surface area contributed by atoms with Crippen LogP contribution in [0, 0.1) is 0 Å². The maximum atomic E-state index is 5.66. The number of imidazole rings is 1. The minimum absolute atomic E-state index is 0.240. The topological polar surface area (TPSA) is 89.7 Å². The van der Waals surface area contributed by atoms with E-state index in [2.05, 4.69) is 26.9 Å². The van der Waals surface area contributed by atoms with Crippen LogP contribution in [0.15, 0.2) is 12.3 Å². The lowest BCUT2D eigenvalue weighted by atomic mass is 10.0. The number of nitrogens with zero attached hydrogens (tertiary/aromatic N) is 3. The van der Waals surface area contributed by atoms with Gasteiger partial charge in [0.15, 0.2) is 0 Å². The molecule has 0 aliphatic rings. The number of methoxy groups -OCH3 is 1. The first-order chi connectivity index (χ1) is 9.47. The van der Waals surface area contributed by atoms with E-state index in [4.69, 9.17) is 10.5 Å². The molecule has 108 valence electrons. The maximum Gasteiger partial charge on any atom is 0.220 e. The molecule has 0 spiro atoms. The standard InChI is InChI=1S/C14H21N5O/c1-5-6-10-18-11(9-7-8-16-13(15)17-9)12(19-10)14(2,3)20-4/h7-8H,5-6H2,1-4H3,(H,18,19)(H2,15,16,17). The van der Waals surface area contributed by atoms with Gasteiger partial charge in [-0.1, -0.05) is 6.92 Å². The molecule has 0 fully saturated rings. The van der Waals surface area contributed by atoms with Crippen molar-refractivity contribution in [2.45, 2.75) is 39.2 Å². The van der Waals surface area contributed by atoms with Crippen LogP contribution in [0.3, 0.4) is 0 Å². The van der Waals surface area contributed by atoms with Crippen LogP contribution < -0.4 is 5.73 Å². The number of hydrogen-bond acceptors (Lipinski definition) is 5. The van der Waals surface area contributed by atoms with Crippen LogP contribution in [0.25, 0.3) is 11.4 Å². The molecule has 0 radical (unpaired) electrons. The Morgan fingerprint density at radius 3 is 2.70 bits per heavy atom. The molecule has 20 heavy (non-hydrogen) atoms. The average molecular weight is 275 g/mol. The van der Waals surface area contributed by atoms with Gasteiger partial charge in [-0.3, -0.25) is 0 Å². The van der Waals surface area contributed by atoms with Crippen LogP contribution in [0.2, 0.25) is 0 Å². The van der Waals surface area contributed by atoms with E-state index in [-0.39, 0.29) is 5.95 Å². The number of H-pyrrole nitrogens is 1. The fraction of sp³-hybridized carbons (Fsp3) is 0.500. The first-order valence-corrected chi connectivity index (χ1v) is 6.71. The van der Waals surface area contributed by atoms with Gasteiger partial charge in [-0.05, 0) is 26.3 Å². The third-order valence-electron chi connectivity index (χ3n) is 3.27. The molecule has 6 nitrogen and oxygen atoms in total. The molecule has 0 aliphatic heterocycles. The molecule has 0 atom stereocenters. The Bertz CT molecular complexity index is 591. The van der Waals surface area contributed by atoms with Crippen molar-refractivity contribution in [3.63, 3.8) is 0 Å². The molecule has 3 N–H and O–H groups in total. The number of anilines is 1. The number of ether oxygens (including phenoxy) is 1. The van der Waals surface area contributed by atoms with Gasteiger partial charge < -0.3 is 15.5 Å². The molecule has 2 aromatic rings. The van der Waals surface area contributed by atoms with Crippen LogP contribution in [0.1, 0.15) is 38.7 Å². The monoisotopic (exact) mass is 275 g/mol. The zero-order valence-corrected chi connectivity index (χ0v) is 12.4. The maximum absolute atomic E-state index is 5.66. The van der Waals surface area contributed by atoms with Crippen molar-refractivity contribution in [3.05, 3.63) is 23.8 Å². The summed E-state index contributed by atoms with van der Waals surface area (Å²) in [5.41, 5.74) is 7.57. The van der Waals surface area contributed by atoms with Gasteiger partial charge in [-0.2, -0.15) is 0 Å². The Labute approximate surface area is 118 Å². The molecule has 0 saturated heterocycles. The van der Waals surface area contributed by atoms with Crippen LogP contribution in [0.5, 0.6) is 0 Å². The normalized spacial score (nSPS) is 11.8. The molecule has 0 unspecified atom stereocenters. The second-order valence-electron chi connectivity index (χ2n) is 5.17. The fourth-order valence-corrected chi connectivity index (χ4v) is 2.01. The molecule has 0 amide bonds. The third-order valence-corrected chi connectivity index (χ3v) is 3.27. The number of hydrogen-bond donors (Lipinski definition) is 2. The summed E-state index contributed by atoms with van der Waals surface area (Å²) in [6, 6.07) is 1.80. The Balaban J connectivity index is 2.55. The van der Waals surface area contributed by atoms with E-state index in [0.29, 0.717) is 5.69 Å². The molecule has 2 heterocycles. The highest BCUT2D eigenvalue weighted by Gasteiger charge is 2.28. The highest BCUT2D eigenvalue weighted by Crippen LogP contribution is 2.31. The summed E-state index contributed by atoms with van der Waals surface area (Å²) < 4.78 is 5.56. The van der Waals surface area contributed by atoms with E-state index in [0.717, 1.165) is 30.1 Å². The second-order valence-corrected chi connectivity index (χ2v) is 5.17. The van der Waals surface area contributed by atoms with Crippen molar-refractivity contribution >= 4 is 5.95 Å². The highest BCUT2D eigenvalue weighted by molar-refractivity contribution is 5.59. The molecule has 0 aromatic carbocycles. The van der Waals surface area contributed by atoms with E-state index in [1.807, 2.05) is 13.8 Å². The average Bonchev–Trinajstić information content (AvgIpc) is 2.84. The van der Waals surface area contributed by atoms with Crippen LogP contribution in [0.4, 0.5) is 5.95 Å². The van der Waals surface area contributed by atoms with E-state index < -0.39 is 5.60 Å². The van der Waals surface area contributed by atoms with Gasteiger partial charge in [0.05, 0.1) is 11.4 Å². The minimum Gasteiger partial charge on any atom is -0.373 e. The first-order valence-electron chi connectivity index (χ1n) is 6.71. The van der Waals surface area contributed by atoms with Gasteiger partial charge in [0, 0.05) is 19.7 Å². The van der Waals surface area contributed by atoms with Gasteiger partial charge in [0.2, 0.25) is 5.95 Å². The van der Waals surface area contributed by atoms with Crippen molar-refractivity contribution in [3.8, 4) is 11.4 Å². The van der Waals surface area contributed by atoms with Crippen molar-refractivity contribution in [2.24, 2.45) is 0 Å². The predicted molar refractivity (Wildman–Crippen MR) is 78.1 cm³/mol. The Morgan fingerprint density at radius 1 is 1.35 bits per heavy atom. The summed E-state index contributed by atoms with van der Waals surface area (Å²) in [7, 11) is 1.68. The van der Waals surface area contributed by atoms with Crippen LogP contribution >= 0.6 is 0 Å².